The Kier molecular flexibility index (Phi) is 4.52. The van der Waals surface area contributed by atoms with Crippen LogP contribution in [0, 0.1) is 6.92 Å². The second kappa shape index (κ2) is 6.43. The topological polar surface area (TPSA) is 58.4 Å². The van der Waals surface area contributed by atoms with Crippen LogP contribution >= 0.6 is 0 Å². The van der Waals surface area contributed by atoms with Crippen molar-refractivity contribution in [2.24, 2.45) is 7.05 Å². The van der Waals surface area contributed by atoms with E-state index in [0.717, 1.165) is 19.6 Å². The molecule has 3 rings (SSSR count). The molecule has 0 unspecified atom stereocenters. The van der Waals surface area contributed by atoms with Crippen LogP contribution in [0.3, 0.4) is 0 Å². The van der Waals surface area contributed by atoms with Crippen LogP contribution in [0.1, 0.15) is 11.1 Å². The van der Waals surface area contributed by atoms with Gasteiger partial charge < -0.3 is 4.57 Å². The van der Waals surface area contributed by atoms with E-state index in [9.17, 15) is 8.42 Å². The van der Waals surface area contributed by atoms with Crippen molar-refractivity contribution in [3.8, 4) is 0 Å². The Labute approximate surface area is 137 Å². The van der Waals surface area contributed by atoms with E-state index in [1.165, 1.54) is 21.8 Å². The van der Waals surface area contributed by atoms with Gasteiger partial charge in [-0.2, -0.15) is 4.31 Å². The maximum atomic E-state index is 12.5. The molecular formula is C16H22N4O2S. The summed E-state index contributed by atoms with van der Waals surface area (Å²) in [6, 6.07) is 8.44. The van der Waals surface area contributed by atoms with E-state index in [1.807, 2.05) is 0 Å². The summed E-state index contributed by atoms with van der Waals surface area (Å²) in [5.74, 6) is 0. The van der Waals surface area contributed by atoms with Crippen molar-refractivity contribution in [3.63, 3.8) is 0 Å². The first kappa shape index (κ1) is 16.2. The smallest absolute Gasteiger partial charge is 0.262 e. The van der Waals surface area contributed by atoms with Gasteiger partial charge >= 0.3 is 0 Å². The standard InChI is InChI=1S/C16H22N4O2S/c1-14-4-3-5-15(10-14)11-19-6-8-20(9-7-19)23(21,22)16-12-18(2)13-17-16/h3-5,10,12-13H,6-9,11H2,1-2H3. The Morgan fingerprint density at radius 2 is 1.91 bits per heavy atom. The highest BCUT2D eigenvalue weighted by Crippen LogP contribution is 2.17. The maximum absolute atomic E-state index is 12.5. The van der Waals surface area contributed by atoms with Gasteiger partial charge in [0.1, 0.15) is 0 Å². The van der Waals surface area contributed by atoms with E-state index in [1.54, 1.807) is 17.8 Å². The lowest BCUT2D eigenvalue weighted by atomic mass is 10.1. The van der Waals surface area contributed by atoms with Crippen LogP contribution < -0.4 is 0 Å². The van der Waals surface area contributed by atoms with Crippen molar-refractivity contribution in [2.45, 2.75) is 18.5 Å². The summed E-state index contributed by atoms with van der Waals surface area (Å²) in [5.41, 5.74) is 2.52. The van der Waals surface area contributed by atoms with Gasteiger partial charge in [-0.15, -0.1) is 0 Å². The summed E-state index contributed by atoms with van der Waals surface area (Å²) in [6.45, 7) is 5.43. The fourth-order valence-corrected chi connectivity index (χ4v) is 4.24. The molecule has 1 aromatic carbocycles. The van der Waals surface area contributed by atoms with Crippen molar-refractivity contribution in [1.82, 2.24) is 18.8 Å². The molecule has 0 bridgehead atoms. The van der Waals surface area contributed by atoms with Crippen molar-refractivity contribution in [1.29, 1.82) is 0 Å². The van der Waals surface area contributed by atoms with Crippen molar-refractivity contribution >= 4 is 10.0 Å². The molecule has 23 heavy (non-hydrogen) atoms. The van der Waals surface area contributed by atoms with E-state index < -0.39 is 10.0 Å². The fraction of sp³-hybridized carbons (Fsp3) is 0.438. The zero-order valence-corrected chi connectivity index (χ0v) is 14.3. The average Bonchev–Trinajstić information content (AvgIpc) is 2.95. The second-order valence-electron chi connectivity index (χ2n) is 6.05. The largest absolute Gasteiger partial charge is 0.339 e. The maximum Gasteiger partial charge on any atom is 0.262 e. The zero-order chi connectivity index (χ0) is 16.4. The van der Waals surface area contributed by atoms with Crippen LogP contribution in [0.4, 0.5) is 0 Å². The number of nitrogens with zero attached hydrogens (tertiary/aromatic N) is 4. The van der Waals surface area contributed by atoms with Gasteiger partial charge in [0.2, 0.25) is 0 Å². The van der Waals surface area contributed by atoms with Gasteiger partial charge in [0.25, 0.3) is 10.0 Å². The van der Waals surface area contributed by atoms with Crippen molar-refractivity contribution in [2.75, 3.05) is 26.2 Å². The molecule has 1 aliphatic rings. The van der Waals surface area contributed by atoms with E-state index in [-0.39, 0.29) is 5.03 Å². The third-order valence-corrected chi connectivity index (χ3v) is 5.89. The minimum absolute atomic E-state index is 0.132. The summed E-state index contributed by atoms with van der Waals surface area (Å²) in [4.78, 5) is 6.27. The third-order valence-electron chi connectivity index (χ3n) is 4.11. The molecule has 2 aromatic rings. The minimum atomic E-state index is -3.47. The zero-order valence-electron chi connectivity index (χ0n) is 13.5. The summed E-state index contributed by atoms with van der Waals surface area (Å²) in [6.07, 6.45) is 3.06. The monoisotopic (exact) mass is 334 g/mol. The number of imidazole rings is 1. The SMILES string of the molecule is Cc1cccc(CN2CCN(S(=O)(=O)c3cn(C)cn3)CC2)c1. The van der Waals surface area contributed by atoms with Crippen LogP contribution in [0.25, 0.3) is 0 Å². The van der Waals surface area contributed by atoms with Crippen molar-refractivity contribution in [3.05, 3.63) is 47.9 Å². The highest BCUT2D eigenvalue weighted by molar-refractivity contribution is 7.89. The Morgan fingerprint density at radius 3 is 2.52 bits per heavy atom. The summed E-state index contributed by atoms with van der Waals surface area (Å²) < 4.78 is 28.3. The van der Waals surface area contributed by atoms with Gasteiger partial charge in [0.15, 0.2) is 5.03 Å². The Balaban J connectivity index is 1.62. The number of hydrogen-bond acceptors (Lipinski definition) is 4. The molecular weight excluding hydrogens is 312 g/mol. The lowest BCUT2D eigenvalue weighted by molar-refractivity contribution is 0.181. The molecule has 0 spiro atoms. The Hall–Kier alpha value is -1.70. The molecule has 0 N–H and O–H groups in total. The summed E-state index contributed by atoms with van der Waals surface area (Å²) >= 11 is 0. The van der Waals surface area contributed by atoms with E-state index in [0.29, 0.717) is 13.1 Å². The Morgan fingerprint density at radius 1 is 1.17 bits per heavy atom. The molecule has 0 saturated carbocycles. The first-order valence-corrected chi connectivity index (χ1v) is 9.15. The number of aryl methyl sites for hydroxylation is 2. The predicted octanol–water partition coefficient (Wildman–Crippen LogP) is 1.24. The predicted molar refractivity (Wildman–Crippen MR) is 88.4 cm³/mol. The van der Waals surface area contributed by atoms with E-state index in [2.05, 4.69) is 41.1 Å². The van der Waals surface area contributed by atoms with Gasteiger partial charge in [0, 0.05) is 46.0 Å². The number of rotatable bonds is 4. The number of sulfonamides is 1. The number of aromatic nitrogens is 2. The van der Waals surface area contributed by atoms with Crippen LogP contribution in [-0.4, -0.2) is 53.4 Å². The fourth-order valence-electron chi connectivity index (χ4n) is 2.85. The van der Waals surface area contributed by atoms with Crippen LogP contribution in [-0.2, 0) is 23.6 Å². The molecule has 2 heterocycles. The molecule has 0 atom stereocenters. The summed E-state index contributed by atoms with van der Waals surface area (Å²) in [7, 11) is -1.70. The first-order chi connectivity index (χ1) is 10.9. The molecule has 0 radical (unpaired) electrons. The van der Waals surface area contributed by atoms with Crippen LogP contribution in [0.5, 0.6) is 0 Å². The highest BCUT2D eigenvalue weighted by Gasteiger charge is 2.29. The normalized spacial score (nSPS) is 17.5. The molecule has 0 amide bonds. The molecule has 1 aliphatic heterocycles. The van der Waals surface area contributed by atoms with Crippen LogP contribution in [0.15, 0.2) is 41.8 Å². The van der Waals surface area contributed by atoms with Crippen molar-refractivity contribution < 1.29 is 8.42 Å². The molecule has 6 nitrogen and oxygen atoms in total. The number of hydrogen-bond donors (Lipinski definition) is 0. The lowest BCUT2D eigenvalue weighted by Crippen LogP contribution is -2.48. The number of benzene rings is 1. The van der Waals surface area contributed by atoms with E-state index in [4.69, 9.17) is 0 Å². The van der Waals surface area contributed by atoms with Gasteiger partial charge in [0.05, 0.1) is 6.33 Å². The van der Waals surface area contributed by atoms with Gasteiger partial charge in [-0.05, 0) is 12.5 Å². The Bertz CT molecular complexity index is 777. The lowest BCUT2D eigenvalue weighted by Gasteiger charge is -2.33. The molecule has 1 saturated heterocycles. The van der Waals surface area contributed by atoms with E-state index >= 15 is 0 Å². The molecule has 0 aliphatic carbocycles. The molecule has 1 aromatic heterocycles. The first-order valence-electron chi connectivity index (χ1n) is 7.71. The van der Waals surface area contributed by atoms with Gasteiger partial charge in [-0.1, -0.05) is 29.8 Å². The van der Waals surface area contributed by atoms with Crippen LogP contribution in [0.2, 0.25) is 0 Å². The minimum Gasteiger partial charge on any atom is -0.339 e. The third kappa shape index (κ3) is 3.63. The molecule has 124 valence electrons. The summed E-state index contributed by atoms with van der Waals surface area (Å²) in [5, 5.41) is 0.132. The molecule has 1 fully saturated rings. The van der Waals surface area contributed by atoms with Gasteiger partial charge in [-0.3, -0.25) is 4.90 Å². The quantitative estimate of drug-likeness (QED) is 0.844. The average molecular weight is 334 g/mol. The highest BCUT2D eigenvalue weighted by atomic mass is 32.2. The second-order valence-corrected chi connectivity index (χ2v) is 7.93. The van der Waals surface area contributed by atoms with Gasteiger partial charge in [-0.25, -0.2) is 13.4 Å². The molecule has 7 heteroatoms. The number of piperazine rings is 1.